The van der Waals surface area contributed by atoms with Gasteiger partial charge in [-0.15, -0.1) is 0 Å². The standard InChI is InChI=1S/C25H33N3O4/c1-25(2,3)32-24(31)27-23-12-11-19(13-26-23)22(30)16-28-14-20(21(15-28)17-29)10-9-18-7-5-4-6-8-18/h4-8,11-13,20-21,29H,9-10,14-17H2,1-3H3,(H,26,27,31)/t20-,21-/m1/s1. The number of aliphatic hydroxyl groups is 1. The summed E-state index contributed by atoms with van der Waals surface area (Å²) >= 11 is 0. The minimum atomic E-state index is -0.596. The zero-order chi connectivity index (χ0) is 23.1. The number of aryl methyl sites for hydroxylation is 1. The Morgan fingerprint density at radius 3 is 2.47 bits per heavy atom. The van der Waals surface area contributed by atoms with Gasteiger partial charge in [0.25, 0.3) is 0 Å². The van der Waals surface area contributed by atoms with Crippen LogP contribution >= 0.6 is 0 Å². The second kappa shape index (κ2) is 10.7. The normalized spacial score (nSPS) is 19.0. The van der Waals surface area contributed by atoms with Crippen LogP contribution in [0, 0.1) is 11.8 Å². The molecule has 7 heteroatoms. The largest absolute Gasteiger partial charge is 0.444 e. The number of amides is 1. The highest BCUT2D eigenvalue weighted by Crippen LogP contribution is 2.27. The lowest BCUT2D eigenvalue weighted by molar-refractivity contribution is 0.0635. The molecule has 1 amide bonds. The van der Waals surface area contributed by atoms with Crippen molar-refractivity contribution >= 4 is 17.7 Å². The molecule has 7 nitrogen and oxygen atoms in total. The van der Waals surface area contributed by atoms with Gasteiger partial charge in [0.1, 0.15) is 11.4 Å². The van der Waals surface area contributed by atoms with E-state index in [1.807, 2.05) is 18.2 Å². The maximum Gasteiger partial charge on any atom is 0.413 e. The summed E-state index contributed by atoms with van der Waals surface area (Å²) in [6.45, 7) is 7.30. The second-order valence-corrected chi connectivity index (χ2v) is 9.40. The van der Waals surface area contributed by atoms with E-state index < -0.39 is 11.7 Å². The molecule has 1 aliphatic rings. The summed E-state index contributed by atoms with van der Waals surface area (Å²) in [5, 5.41) is 12.4. The summed E-state index contributed by atoms with van der Waals surface area (Å²) in [7, 11) is 0. The first-order valence-corrected chi connectivity index (χ1v) is 11.1. The van der Waals surface area contributed by atoms with Gasteiger partial charge in [0, 0.05) is 31.5 Å². The molecule has 2 N–H and O–H groups in total. The van der Waals surface area contributed by atoms with Crippen molar-refractivity contribution in [3.8, 4) is 0 Å². The highest BCUT2D eigenvalue weighted by molar-refractivity contribution is 5.97. The number of ketones is 1. The number of hydrogen-bond donors (Lipinski definition) is 2. The van der Waals surface area contributed by atoms with Crippen LogP contribution in [0.3, 0.4) is 0 Å². The molecule has 0 radical (unpaired) electrons. The van der Waals surface area contributed by atoms with Crippen LogP contribution in [0.5, 0.6) is 0 Å². The smallest absolute Gasteiger partial charge is 0.413 e. The van der Waals surface area contributed by atoms with Crippen molar-refractivity contribution in [2.24, 2.45) is 11.8 Å². The number of pyridine rings is 1. The summed E-state index contributed by atoms with van der Waals surface area (Å²) in [4.78, 5) is 30.9. The molecule has 1 fully saturated rings. The highest BCUT2D eigenvalue weighted by atomic mass is 16.6. The zero-order valence-corrected chi connectivity index (χ0v) is 19.1. The van der Waals surface area contributed by atoms with Gasteiger partial charge in [-0.1, -0.05) is 30.3 Å². The molecule has 2 aromatic rings. The van der Waals surface area contributed by atoms with E-state index in [4.69, 9.17) is 4.74 Å². The van der Waals surface area contributed by atoms with Crippen molar-refractivity contribution < 1.29 is 19.4 Å². The summed E-state index contributed by atoms with van der Waals surface area (Å²) in [5.41, 5.74) is 1.19. The lowest BCUT2D eigenvalue weighted by atomic mass is 9.91. The van der Waals surface area contributed by atoms with Crippen molar-refractivity contribution in [1.29, 1.82) is 0 Å². The Morgan fingerprint density at radius 2 is 1.84 bits per heavy atom. The van der Waals surface area contributed by atoms with Gasteiger partial charge >= 0.3 is 6.09 Å². The topological polar surface area (TPSA) is 91.8 Å². The fourth-order valence-corrected chi connectivity index (χ4v) is 4.03. The lowest BCUT2D eigenvalue weighted by Crippen LogP contribution is -2.29. The van der Waals surface area contributed by atoms with Gasteiger partial charge < -0.3 is 9.84 Å². The predicted molar refractivity (Wildman–Crippen MR) is 124 cm³/mol. The third-order valence-corrected chi connectivity index (χ3v) is 5.61. The lowest BCUT2D eigenvalue weighted by Gasteiger charge is -2.19. The van der Waals surface area contributed by atoms with Gasteiger partial charge in [-0.2, -0.15) is 0 Å². The number of rotatable bonds is 8. The zero-order valence-electron chi connectivity index (χ0n) is 19.1. The fourth-order valence-electron chi connectivity index (χ4n) is 4.03. The Bertz CT molecular complexity index is 894. The van der Waals surface area contributed by atoms with Gasteiger partial charge in [0.15, 0.2) is 5.78 Å². The van der Waals surface area contributed by atoms with E-state index in [0.717, 1.165) is 19.4 Å². The number of hydrogen-bond acceptors (Lipinski definition) is 6. The quantitative estimate of drug-likeness (QED) is 0.608. The van der Waals surface area contributed by atoms with E-state index in [1.54, 1.807) is 32.9 Å². The molecular formula is C25H33N3O4. The van der Waals surface area contributed by atoms with E-state index in [2.05, 4.69) is 27.3 Å². The van der Waals surface area contributed by atoms with Gasteiger partial charge in [-0.05, 0) is 63.1 Å². The van der Waals surface area contributed by atoms with Crippen LogP contribution < -0.4 is 5.32 Å². The first kappa shape index (κ1) is 23.9. The van der Waals surface area contributed by atoms with Crippen molar-refractivity contribution in [2.45, 2.75) is 39.2 Å². The molecular weight excluding hydrogens is 406 g/mol. The third-order valence-electron chi connectivity index (χ3n) is 5.61. The van der Waals surface area contributed by atoms with Gasteiger partial charge in [-0.25, -0.2) is 9.78 Å². The molecule has 1 aliphatic heterocycles. The Hall–Kier alpha value is -2.77. The number of benzene rings is 1. The number of nitrogens with zero attached hydrogens (tertiary/aromatic N) is 2. The molecule has 0 aliphatic carbocycles. The number of carbonyl (C=O) groups excluding carboxylic acids is 2. The van der Waals surface area contributed by atoms with Crippen molar-refractivity contribution in [2.75, 3.05) is 31.6 Å². The average Bonchev–Trinajstić information content (AvgIpc) is 3.13. The Labute approximate surface area is 189 Å². The molecule has 1 aromatic carbocycles. The molecule has 0 unspecified atom stereocenters. The van der Waals surface area contributed by atoms with E-state index in [1.165, 1.54) is 11.8 Å². The van der Waals surface area contributed by atoms with Gasteiger partial charge in [-0.3, -0.25) is 15.0 Å². The first-order valence-electron chi connectivity index (χ1n) is 11.1. The molecule has 32 heavy (non-hydrogen) atoms. The maximum absolute atomic E-state index is 12.7. The maximum atomic E-state index is 12.7. The van der Waals surface area contributed by atoms with E-state index >= 15 is 0 Å². The van der Waals surface area contributed by atoms with E-state index in [9.17, 15) is 14.7 Å². The van der Waals surface area contributed by atoms with Gasteiger partial charge in [0.05, 0.1) is 6.54 Å². The number of aromatic nitrogens is 1. The van der Waals surface area contributed by atoms with Crippen LogP contribution in [0.4, 0.5) is 10.6 Å². The molecule has 172 valence electrons. The third kappa shape index (κ3) is 7.14. The number of anilines is 1. The Morgan fingerprint density at radius 1 is 1.12 bits per heavy atom. The Kier molecular flexibility index (Phi) is 7.99. The van der Waals surface area contributed by atoms with Crippen LogP contribution in [0.1, 0.15) is 43.1 Å². The van der Waals surface area contributed by atoms with Crippen LogP contribution in [0.2, 0.25) is 0 Å². The van der Waals surface area contributed by atoms with Crippen LogP contribution in [0.15, 0.2) is 48.7 Å². The van der Waals surface area contributed by atoms with E-state index in [0.29, 0.717) is 30.4 Å². The number of Topliss-reactive ketones (excluding diaryl/α,β-unsaturated/α-hetero) is 1. The second-order valence-electron chi connectivity index (χ2n) is 9.40. The fraction of sp³-hybridized carbons (Fsp3) is 0.480. The molecule has 1 aromatic heterocycles. The summed E-state index contributed by atoms with van der Waals surface area (Å²) in [5.74, 6) is 0.858. The summed E-state index contributed by atoms with van der Waals surface area (Å²) < 4.78 is 5.20. The Balaban J connectivity index is 1.51. The SMILES string of the molecule is CC(C)(C)OC(=O)Nc1ccc(C(=O)CN2C[C@@H](CCc3ccccc3)[C@@H](CO)C2)cn1. The summed E-state index contributed by atoms with van der Waals surface area (Å²) in [6.07, 6.45) is 2.85. The van der Waals surface area contributed by atoms with Crippen LogP contribution in [0.25, 0.3) is 0 Å². The number of ether oxygens (including phenoxy) is 1. The predicted octanol–water partition coefficient (Wildman–Crippen LogP) is 3.78. The van der Waals surface area contributed by atoms with Crippen LogP contribution in [-0.2, 0) is 11.2 Å². The number of nitrogens with one attached hydrogen (secondary N) is 1. The van der Waals surface area contributed by atoms with Gasteiger partial charge in [0.2, 0.25) is 0 Å². The van der Waals surface area contributed by atoms with Crippen molar-refractivity contribution in [3.63, 3.8) is 0 Å². The highest BCUT2D eigenvalue weighted by Gasteiger charge is 2.32. The molecule has 2 atom stereocenters. The minimum Gasteiger partial charge on any atom is -0.444 e. The first-order chi connectivity index (χ1) is 15.2. The van der Waals surface area contributed by atoms with E-state index in [-0.39, 0.29) is 18.3 Å². The number of likely N-dealkylation sites (tertiary alicyclic amines) is 1. The molecule has 0 spiro atoms. The average molecular weight is 440 g/mol. The van der Waals surface area contributed by atoms with Crippen LogP contribution in [-0.4, -0.2) is 58.7 Å². The molecule has 3 rings (SSSR count). The van der Waals surface area contributed by atoms with Crippen molar-refractivity contribution in [1.82, 2.24) is 9.88 Å². The molecule has 2 heterocycles. The minimum absolute atomic E-state index is 0.0262. The monoisotopic (exact) mass is 439 g/mol. The molecule has 1 saturated heterocycles. The number of carbonyl (C=O) groups is 2. The van der Waals surface area contributed by atoms with Crippen molar-refractivity contribution in [3.05, 3.63) is 59.8 Å². The summed E-state index contributed by atoms with van der Waals surface area (Å²) in [6, 6.07) is 13.6. The number of aliphatic hydroxyl groups excluding tert-OH is 1. The molecule has 0 saturated carbocycles. The molecule has 0 bridgehead atoms.